The van der Waals surface area contributed by atoms with Crippen molar-refractivity contribution in [1.82, 2.24) is 5.32 Å². The Balaban J connectivity index is 2.05. The van der Waals surface area contributed by atoms with E-state index in [2.05, 4.69) is 34.2 Å². The second-order valence-corrected chi connectivity index (χ2v) is 5.23. The summed E-state index contributed by atoms with van der Waals surface area (Å²) in [5.41, 5.74) is 1.63. The molecule has 1 aliphatic carbocycles. The van der Waals surface area contributed by atoms with Crippen LogP contribution in [0.4, 0.5) is 0 Å². The smallest absolute Gasteiger partial charge is 0.119 e. The van der Waals surface area contributed by atoms with Gasteiger partial charge in [-0.25, -0.2) is 0 Å². The van der Waals surface area contributed by atoms with E-state index in [0.717, 1.165) is 16.8 Å². The van der Waals surface area contributed by atoms with Crippen molar-refractivity contribution >= 4 is 15.9 Å². The molecule has 0 bridgehead atoms. The fraction of sp³-hybridized carbons (Fsp3) is 0.500. The number of ether oxygens (including phenoxy) is 1. The standard InChI is InChI=1S/C12H16BrNO/c1-12(5-6-12)14-8-9-7-10(15-2)3-4-11(9)13/h3-4,7,14H,5-6,8H2,1-2H3. The molecule has 1 N–H and O–H groups in total. The topological polar surface area (TPSA) is 21.3 Å². The number of methoxy groups -OCH3 is 1. The third kappa shape index (κ3) is 2.73. The molecule has 2 rings (SSSR count). The summed E-state index contributed by atoms with van der Waals surface area (Å²) in [5, 5.41) is 3.56. The Labute approximate surface area is 99.1 Å². The van der Waals surface area contributed by atoms with Gasteiger partial charge in [0.25, 0.3) is 0 Å². The van der Waals surface area contributed by atoms with Crippen LogP contribution in [0.1, 0.15) is 25.3 Å². The van der Waals surface area contributed by atoms with Crippen molar-refractivity contribution in [2.24, 2.45) is 0 Å². The highest BCUT2D eigenvalue weighted by molar-refractivity contribution is 9.10. The molecule has 0 radical (unpaired) electrons. The van der Waals surface area contributed by atoms with E-state index >= 15 is 0 Å². The minimum Gasteiger partial charge on any atom is -0.497 e. The number of benzene rings is 1. The van der Waals surface area contributed by atoms with Gasteiger partial charge in [0.05, 0.1) is 7.11 Å². The minimum absolute atomic E-state index is 0.377. The zero-order valence-electron chi connectivity index (χ0n) is 9.14. The first-order valence-electron chi connectivity index (χ1n) is 5.20. The van der Waals surface area contributed by atoms with Crippen molar-refractivity contribution in [3.63, 3.8) is 0 Å². The molecule has 0 spiro atoms. The van der Waals surface area contributed by atoms with Gasteiger partial charge in [-0.15, -0.1) is 0 Å². The lowest BCUT2D eigenvalue weighted by molar-refractivity contribution is 0.413. The molecule has 82 valence electrons. The third-order valence-corrected chi connectivity index (χ3v) is 3.73. The van der Waals surface area contributed by atoms with E-state index in [0.29, 0.717) is 5.54 Å². The maximum absolute atomic E-state index is 5.21. The molecular formula is C12H16BrNO. The van der Waals surface area contributed by atoms with Crippen LogP contribution in [-0.4, -0.2) is 12.6 Å². The molecule has 0 aromatic heterocycles. The van der Waals surface area contributed by atoms with Gasteiger partial charge in [0, 0.05) is 16.6 Å². The molecule has 2 nitrogen and oxygen atoms in total. The number of halogens is 1. The van der Waals surface area contributed by atoms with E-state index in [4.69, 9.17) is 4.74 Å². The number of nitrogens with one attached hydrogen (secondary N) is 1. The lowest BCUT2D eigenvalue weighted by atomic mass is 10.2. The maximum atomic E-state index is 5.21. The van der Waals surface area contributed by atoms with Crippen LogP contribution < -0.4 is 10.1 Å². The van der Waals surface area contributed by atoms with Crippen molar-refractivity contribution in [1.29, 1.82) is 0 Å². The Morgan fingerprint density at radius 3 is 2.80 bits per heavy atom. The van der Waals surface area contributed by atoms with Crippen LogP contribution in [0, 0.1) is 0 Å². The molecule has 0 unspecified atom stereocenters. The van der Waals surface area contributed by atoms with E-state index in [-0.39, 0.29) is 0 Å². The average molecular weight is 270 g/mol. The van der Waals surface area contributed by atoms with Crippen LogP contribution in [0.25, 0.3) is 0 Å². The molecule has 15 heavy (non-hydrogen) atoms. The molecule has 0 aliphatic heterocycles. The average Bonchev–Trinajstić information content (AvgIpc) is 2.96. The first kappa shape index (κ1) is 11.0. The fourth-order valence-electron chi connectivity index (χ4n) is 1.49. The lowest BCUT2D eigenvalue weighted by Crippen LogP contribution is -2.27. The Hall–Kier alpha value is -0.540. The molecule has 1 fully saturated rings. The highest BCUT2D eigenvalue weighted by atomic mass is 79.9. The Bertz CT molecular complexity index is 361. The molecule has 1 aromatic carbocycles. The molecule has 3 heteroatoms. The largest absolute Gasteiger partial charge is 0.497 e. The number of hydrogen-bond donors (Lipinski definition) is 1. The van der Waals surface area contributed by atoms with Crippen molar-refractivity contribution < 1.29 is 4.74 Å². The number of hydrogen-bond acceptors (Lipinski definition) is 2. The van der Waals surface area contributed by atoms with E-state index < -0.39 is 0 Å². The Morgan fingerprint density at radius 1 is 1.47 bits per heavy atom. The summed E-state index contributed by atoms with van der Waals surface area (Å²) in [6.45, 7) is 3.16. The summed E-state index contributed by atoms with van der Waals surface area (Å²) in [6.07, 6.45) is 2.57. The van der Waals surface area contributed by atoms with Crippen LogP contribution in [0.15, 0.2) is 22.7 Å². The molecule has 0 amide bonds. The van der Waals surface area contributed by atoms with Crippen molar-refractivity contribution in [2.75, 3.05) is 7.11 Å². The van der Waals surface area contributed by atoms with Gasteiger partial charge < -0.3 is 10.1 Å². The Morgan fingerprint density at radius 2 is 2.20 bits per heavy atom. The molecule has 0 saturated heterocycles. The normalized spacial score (nSPS) is 17.5. The van der Waals surface area contributed by atoms with Crippen molar-refractivity contribution in [3.8, 4) is 5.75 Å². The highest BCUT2D eigenvalue weighted by Gasteiger charge is 2.36. The van der Waals surface area contributed by atoms with Crippen molar-refractivity contribution in [3.05, 3.63) is 28.2 Å². The first-order valence-corrected chi connectivity index (χ1v) is 6.00. The quantitative estimate of drug-likeness (QED) is 0.907. The Kier molecular flexibility index (Phi) is 3.03. The van der Waals surface area contributed by atoms with E-state index in [1.165, 1.54) is 18.4 Å². The van der Waals surface area contributed by atoms with Crippen molar-refractivity contribution in [2.45, 2.75) is 31.8 Å². The van der Waals surface area contributed by atoms with E-state index in [1.54, 1.807) is 7.11 Å². The predicted molar refractivity (Wildman–Crippen MR) is 65.2 cm³/mol. The summed E-state index contributed by atoms with van der Waals surface area (Å²) in [4.78, 5) is 0. The molecular weight excluding hydrogens is 254 g/mol. The summed E-state index contributed by atoms with van der Waals surface area (Å²) in [7, 11) is 1.70. The molecule has 0 heterocycles. The van der Waals surface area contributed by atoms with Gasteiger partial charge in [-0.05, 0) is 43.5 Å². The van der Waals surface area contributed by atoms with E-state index in [1.807, 2.05) is 12.1 Å². The zero-order chi connectivity index (χ0) is 10.9. The second-order valence-electron chi connectivity index (χ2n) is 4.37. The summed E-state index contributed by atoms with van der Waals surface area (Å²) in [6, 6.07) is 6.07. The molecule has 0 atom stereocenters. The van der Waals surface area contributed by atoms with Crippen LogP contribution >= 0.6 is 15.9 Å². The van der Waals surface area contributed by atoms with E-state index in [9.17, 15) is 0 Å². The van der Waals surface area contributed by atoms with Gasteiger partial charge in [-0.1, -0.05) is 15.9 Å². The fourth-order valence-corrected chi connectivity index (χ4v) is 1.87. The van der Waals surface area contributed by atoms with Gasteiger partial charge in [0.15, 0.2) is 0 Å². The van der Waals surface area contributed by atoms with Gasteiger partial charge in [0.1, 0.15) is 5.75 Å². The number of rotatable bonds is 4. The minimum atomic E-state index is 0.377. The second kappa shape index (κ2) is 4.14. The zero-order valence-corrected chi connectivity index (χ0v) is 10.7. The molecule has 1 aromatic rings. The summed E-state index contributed by atoms with van der Waals surface area (Å²) < 4.78 is 6.35. The monoisotopic (exact) mass is 269 g/mol. The van der Waals surface area contributed by atoms with Crippen LogP contribution in [-0.2, 0) is 6.54 Å². The maximum Gasteiger partial charge on any atom is 0.119 e. The van der Waals surface area contributed by atoms with Crippen LogP contribution in [0.5, 0.6) is 5.75 Å². The van der Waals surface area contributed by atoms with Crippen LogP contribution in [0.3, 0.4) is 0 Å². The third-order valence-electron chi connectivity index (χ3n) is 2.96. The lowest BCUT2D eigenvalue weighted by Gasteiger charge is -2.13. The van der Waals surface area contributed by atoms with Gasteiger partial charge in [0.2, 0.25) is 0 Å². The summed E-state index contributed by atoms with van der Waals surface area (Å²) in [5.74, 6) is 0.913. The highest BCUT2D eigenvalue weighted by Crippen LogP contribution is 2.35. The van der Waals surface area contributed by atoms with Crippen LogP contribution in [0.2, 0.25) is 0 Å². The summed E-state index contributed by atoms with van der Waals surface area (Å²) >= 11 is 3.55. The molecule has 1 saturated carbocycles. The van der Waals surface area contributed by atoms with Gasteiger partial charge in [-0.3, -0.25) is 0 Å². The van der Waals surface area contributed by atoms with Gasteiger partial charge >= 0.3 is 0 Å². The van der Waals surface area contributed by atoms with Gasteiger partial charge in [-0.2, -0.15) is 0 Å². The first-order chi connectivity index (χ1) is 7.13. The SMILES string of the molecule is COc1ccc(Br)c(CNC2(C)CC2)c1. The predicted octanol–water partition coefficient (Wildman–Crippen LogP) is 3.10. The molecule has 1 aliphatic rings.